The highest BCUT2D eigenvalue weighted by molar-refractivity contribution is 8.16. The van der Waals surface area contributed by atoms with Gasteiger partial charge >= 0.3 is 0 Å². The molecule has 1 aromatic rings. The van der Waals surface area contributed by atoms with Gasteiger partial charge in [-0.05, 0) is 12.1 Å². The molecular formula is C13H11Cl3N2O3S2. The van der Waals surface area contributed by atoms with E-state index in [1.54, 1.807) is 4.90 Å². The Balaban J connectivity index is 2.14. The van der Waals surface area contributed by atoms with E-state index >= 15 is 0 Å². The number of hydrogen-bond donors (Lipinski definition) is 0. The number of rotatable bonds is 1. The van der Waals surface area contributed by atoms with Gasteiger partial charge in [0.2, 0.25) is 5.91 Å². The van der Waals surface area contributed by atoms with Crippen molar-refractivity contribution in [3.63, 3.8) is 0 Å². The molecule has 5 nitrogen and oxygen atoms in total. The van der Waals surface area contributed by atoms with E-state index < -0.39 is 9.84 Å². The number of carbonyl (C=O) groups is 1. The second kappa shape index (κ2) is 6.11. The number of nitrogens with zero attached hydrogens (tertiary/aromatic N) is 2. The van der Waals surface area contributed by atoms with Gasteiger partial charge in [-0.15, -0.1) is 0 Å². The lowest BCUT2D eigenvalue weighted by molar-refractivity contribution is -0.115. The molecule has 2 aliphatic heterocycles. The number of carbonyl (C=O) groups excluding carboxylic acids is 1. The predicted molar refractivity (Wildman–Crippen MR) is 95.9 cm³/mol. The quantitative estimate of drug-likeness (QED) is 0.707. The molecule has 2 atom stereocenters. The van der Waals surface area contributed by atoms with Crippen LogP contribution in [0.2, 0.25) is 15.1 Å². The van der Waals surface area contributed by atoms with Crippen LogP contribution in [0.15, 0.2) is 17.1 Å². The van der Waals surface area contributed by atoms with E-state index in [1.165, 1.54) is 30.8 Å². The minimum atomic E-state index is -3.15. The SMILES string of the molecule is CC(=O)N=C1SC2CS(=O)(=O)CC2N1c1c(Cl)cc(Cl)cc1Cl. The lowest BCUT2D eigenvalue weighted by Gasteiger charge is -2.26. The second-order valence-corrected chi connectivity index (χ2v) is 9.91. The first-order valence-corrected chi connectivity index (χ1v) is 10.4. The van der Waals surface area contributed by atoms with Crippen LogP contribution in [0.25, 0.3) is 0 Å². The van der Waals surface area contributed by atoms with Crippen molar-refractivity contribution in [3.8, 4) is 0 Å². The Labute approximate surface area is 152 Å². The summed E-state index contributed by atoms with van der Waals surface area (Å²) < 4.78 is 23.9. The highest BCUT2D eigenvalue weighted by Gasteiger charge is 2.50. The first kappa shape index (κ1) is 17.4. The van der Waals surface area contributed by atoms with E-state index in [0.29, 0.717) is 15.9 Å². The zero-order chi connectivity index (χ0) is 16.9. The molecule has 10 heteroatoms. The molecule has 1 aromatic carbocycles. The standard InChI is InChI=1S/C13H11Cl3N2O3S2/c1-6(19)17-13-18(10-4-23(20,21)5-11(10)22-13)12-8(15)2-7(14)3-9(12)16/h2-3,10-11H,4-5H2,1H3. The van der Waals surface area contributed by atoms with Crippen molar-refractivity contribution < 1.29 is 13.2 Å². The van der Waals surface area contributed by atoms with Crippen molar-refractivity contribution >= 4 is 73.2 Å². The topological polar surface area (TPSA) is 66.8 Å². The van der Waals surface area contributed by atoms with E-state index in [-0.39, 0.29) is 38.7 Å². The average molecular weight is 414 g/mol. The fourth-order valence-electron chi connectivity index (χ4n) is 2.73. The van der Waals surface area contributed by atoms with Crippen LogP contribution in [-0.2, 0) is 14.6 Å². The third-order valence-corrected chi connectivity index (χ3v) is 7.55. The molecule has 1 amide bonds. The monoisotopic (exact) mass is 412 g/mol. The predicted octanol–water partition coefficient (Wildman–Crippen LogP) is 3.27. The zero-order valence-corrected chi connectivity index (χ0v) is 15.7. The Morgan fingerprint density at radius 3 is 2.43 bits per heavy atom. The van der Waals surface area contributed by atoms with Gasteiger partial charge in [-0.2, -0.15) is 4.99 Å². The number of benzene rings is 1. The highest BCUT2D eigenvalue weighted by Crippen LogP contribution is 2.46. The van der Waals surface area contributed by atoms with Crippen LogP contribution >= 0.6 is 46.6 Å². The Morgan fingerprint density at radius 2 is 1.87 bits per heavy atom. The maximum absolute atomic E-state index is 11.9. The smallest absolute Gasteiger partial charge is 0.244 e. The van der Waals surface area contributed by atoms with Crippen LogP contribution in [0.1, 0.15) is 6.92 Å². The first-order chi connectivity index (χ1) is 10.7. The molecule has 2 fully saturated rings. The summed E-state index contributed by atoms with van der Waals surface area (Å²) in [4.78, 5) is 17.1. The molecule has 0 aliphatic carbocycles. The fraction of sp³-hybridized carbons (Fsp3) is 0.385. The summed E-state index contributed by atoms with van der Waals surface area (Å²) in [7, 11) is -3.15. The van der Waals surface area contributed by atoms with Crippen molar-refractivity contribution in [3.05, 3.63) is 27.2 Å². The first-order valence-electron chi connectivity index (χ1n) is 6.58. The van der Waals surface area contributed by atoms with Crippen LogP contribution < -0.4 is 4.90 Å². The number of anilines is 1. The van der Waals surface area contributed by atoms with E-state index in [0.717, 1.165) is 0 Å². The summed E-state index contributed by atoms with van der Waals surface area (Å²) in [5.41, 5.74) is 0.426. The summed E-state index contributed by atoms with van der Waals surface area (Å²) in [6.45, 7) is 1.33. The maximum atomic E-state index is 11.9. The van der Waals surface area contributed by atoms with Gasteiger partial charge in [0.15, 0.2) is 15.0 Å². The van der Waals surface area contributed by atoms with Gasteiger partial charge < -0.3 is 4.90 Å². The van der Waals surface area contributed by atoms with Gasteiger partial charge in [0.05, 0.1) is 33.3 Å². The molecule has 2 unspecified atom stereocenters. The van der Waals surface area contributed by atoms with Gasteiger partial charge in [-0.1, -0.05) is 46.6 Å². The van der Waals surface area contributed by atoms with Gasteiger partial charge in [-0.3, -0.25) is 4.79 Å². The summed E-state index contributed by atoms with van der Waals surface area (Å²) in [5, 5.41) is 1.14. The number of fused-ring (bicyclic) bond motifs is 1. The van der Waals surface area contributed by atoms with Crippen molar-refractivity contribution in [2.24, 2.45) is 4.99 Å². The van der Waals surface area contributed by atoms with Crippen LogP contribution in [0, 0.1) is 0 Å². The Morgan fingerprint density at radius 1 is 1.26 bits per heavy atom. The Hall–Kier alpha value is -0.470. The number of amidine groups is 1. The third kappa shape index (κ3) is 3.35. The van der Waals surface area contributed by atoms with Crippen LogP contribution in [0.5, 0.6) is 0 Å². The minimum absolute atomic E-state index is 0.0309. The molecular weight excluding hydrogens is 403 g/mol. The van der Waals surface area contributed by atoms with Crippen LogP contribution in [0.4, 0.5) is 5.69 Å². The fourth-order valence-corrected chi connectivity index (χ4v) is 7.67. The van der Waals surface area contributed by atoms with E-state index in [1.807, 2.05) is 0 Å². The molecule has 0 saturated carbocycles. The van der Waals surface area contributed by atoms with Crippen molar-refractivity contribution in [1.29, 1.82) is 0 Å². The molecule has 2 heterocycles. The molecule has 23 heavy (non-hydrogen) atoms. The number of amides is 1. The van der Waals surface area contributed by atoms with E-state index in [4.69, 9.17) is 34.8 Å². The molecule has 2 aliphatic rings. The number of aliphatic imine (C=N–C) groups is 1. The van der Waals surface area contributed by atoms with E-state index in [9.17, 15) is 13.2 Å². The van der Waals surface area contributed by atoms with E-state index in [2.05, 4.69) is 4.99 Å². The minimum Gasteiger partial charge on any atom is -0.313 e. The van der Waals surface area contributed by atoms with Crippen molar-refractivity contribution in [1.82, 2.24) is 0 Å². The van der Waals surface area contributed by atoms with Gasteiger partial charge in [0.25, 0.3) is 0 Å². The third-order valence-electron chi connectivity index (χ3n) is 3.54. The molecule has 0 spiro atoms. The number of thioether (sulfide) groups is 1. The lowest BCUT2D eigenvalue weighted by Crippen LogP contribution is -2.38. The summed E-state index contributed by atoms with van der Waals surface area (Å²) >= 11 is 19.7. The van der Waals surface area contributed by atoms with Crippen molar-refractivity contribution in [2.75, 3.05) is 16.4 Å². The normalized spacial score (nSPS) is 27.5. The second-order valence-electron chi connectivity index (χ2n) is 5.30. The molecule has 0 radical (unpaired) electrons. The van der Waals surface area contributed by atoms with Gasteiger partial charge in [0.1, 0.15) is 0 Å². The molecule has 0 bridgehead atoms. The number of halogens is 3. The number of sulfone groups is 1. The lowest BCUT2D eigenvalue weighted by atomic mass is 10.2. The Bertz CT molecular complexity index is 803. The highest BCUT2D eigenvalue weighted by atomic mass is 35.5. The molecule has 0 N–H and O–H groups in total. The van der Waals surface area contributed by atoms with Crippen LogP contribution in [0.3, 0.4) is 0 Å². The van der Waals surface area contributed by atoms with Crippen molar-refractivity contribution in [2.45, 2.75) is 18.2 Å². The van der Waals surface area contributed by atoms with Crippen LogP contribution in [-0.4, -0.2) is 42.3 Å². The summed E-state index contributed by atoms with van der Waals surface area (Å²) in [6.07, 6.45) is 0. The Kier molecular flexibility index (Phi) is 4.61. The molecule has 124 valence electrons. The number of hydrogen-bond acceptors (Lipinski definition) is 4. The maximum Gasteiger partial charge on any atom is 0.244 e. The zero-order valence-electron chi connectivity index (χ0n) is 11.8. The molecule has 3 rings (SSSR count). The molecule has 0 aromatic heterocycles. The largest absolute Gasteiger partial charge is 0.313 e. The average Bonchev–Trinajstić information content (AvgIpc) is 2.81. The summed E-state index contributed by atoms with van der Waals surface area (Å²) in [5.74, 6) is -0.364. The van der Waals surface area contributed by atoms with Gasteiger partial charge in [-0.25, -0.2) is 8.42 Å². The molecule has 2 saturated heterocycles. The van der Waals surface area contributed by atoms with Gasteiger partial charge in [0, 0.05) is 17.2 Å². The summed E-state index contributed by atoms with van der Waals surface area (Å²) in [6, 6.07) is 2.69.